The minimum Gasteiger partial charge on any atom is -0.497 e. The van der Waals surface area contributed by atoms with Crippen molar-refractivity contribution in [3.8, 4) is 11.4 Å². The van der Waals surface area contributed by atoms with Gasteiger partial charge in [-0.05, 0) is 36.6 Å². The van der Waals surface area contributed by atoms with Gasteiger partial charge in [-0.3, -0.25) is 9.59 Å². The first-order chi connectivity index (χ1) is 14.0. The highest BCUT2D eigenvalue weighted by Crippen LogP contribution is 2.27. The molecule has 7 heteroatoms. The third kappa shape index (κ3) is 6.34. The zero-order valence-electron chi connectivity index (χ0n) is 19.2. The van der Waals surface area contributed by atoms with Crippen LogP contribution in [-0.2, 0) is 15.0 Å². The number of carbonyl (C=O) groups excluding carboxylic acids is 2. The minimum absolute atomic E-state index is 0.0146. The second-order valence-electron chi connectivity index (χ2n) is 8.95. The van der Waals surface area contributed by atoms with Gasteiger partial charge in [-0.15, -0.1) is 0 Å². The molecule has 1 heterocycles. The van der Waals surface area contributed by atoms with E-state index in [1.165, 1.54) is 6.92 Å². The SMILES string of the molecule is COc1ccc(-n2nc(C(C)(C)C)cc2NC(=O)CN(CCC(C)C)C(C)=O)cc1. The third-order valence-corrected chi connectivity index (χ3v) is 4.82. The summed E-state index contributed by atoms with van der Waals surface area (Å²) in [4.78, 5) is 26.3. The molecule has 0 aliphatic carbocycles. The molecule has 0 spiro atoms. The maximum atomic E-state index is 12.7. The van der Waals surface area contributed by atoms with Crippen molar-refractivity contribution < 1.29 is 14.3 Å². The van der Waals surface area contributed by atoms with Crippen molar-refractivity contribution in [1.82, 2.24) is 14.7 Å². The van der Waals surface area contributed by atoms with Crippen LogP contribution in [0.3, 0.4) is 0 Å². The number of anilines is 1. The van der Waals surface area contributed by atoms with Gasteiger partial charge in [0.1, 0.15) is 11.6 Å². The van der Waals surface area contributed by atoms with Gasteiger partial charge in [-0.1, -0.05) is 34.6 Å². The maximum Gasteiger partial charge on any atom is 0.245 e. The molecule has 2 rings (SSSR count). The molecule has 0 saturated carbocycles. The second-order valence-corrected chi connectivity index (χ2v) is 8.95. The van der Waals surface area contributed by atoms with Gasteiger partial charge in [0.25, 0.3) is 0 Å². The third-order valence-electron chi connectivity index (χ3n) is 4.82. The minimum atomic E-state index is -0.246. The van der Waals surface area contributed by atoms with Gasteiger partial charge in [0.15, 0.2) is 0 Å². The monoisotopic (exact) mass is 414 g/mol. The summed E-state index contributed by atoms with van der Waals surface area (Å²) in [7, 11) is 1.62. The van der Waals surface area contributed by atoms with Crippen LogP contribution in [0.5, 0.6) is 5.75 Å². The van der Waals surface area contributed by atoms with Crippen molar-refractivity contribution in [2.24, 2.45) is 5.92 Å². The second kappa shape index (κ2) is 9.78. The van der Waals surface area contributed by atoms with Crippen molar-refractivity contribution in [3.63, 3.8) is 0 Å². The van der Waals surface area contributed by atoms with E-state index in [4.69, 9.17) is 9.84 Å². The molecular weight excluding hydrogens is 380 g/mol. The fourth-order valence-corrected chi connectivity index (χ4v) is 2.87. The van der Waals surface area contributed by atoms with Crippen LogP contribution in [0.15, 0.2) is 30.3 Å². The largest absolute Gasteiger partial charge is 0.497 e. The summed E-state index contributed by atoms with van der Waals surface area (Å²) in [5, 5.41) is 7.65. The predicted molar refractivity (Wildman–Crippen MR) is 119 cm³/mol. The number of hydrogen-bond acceptors (Lipinski definition) is 4. The van der Waals surface area contributed by atoms with Crippen molar-refractivity contribution >= 4 is 17.6 Å². The lowest BCUT2D eigenvalue weighted by Gasteiger charge is -2.21. The number of aromatic nitrogens is 2. The molecule has 7 nitrogen and oxygen atoms in total. The summed E-state index contributed by atoms with van der Waals surface area (Å²) in [6, 6.07) is 9.36. The van der Waals surface area contributed by atoms with E-state index in [1.807, 2.05) is 30.3 Å². The number of methoxy groups -OCH3 is 1. The molecule has 1 aromatic carbocycles. The molecule has 0 radical (unpaired) electrons. The number of amides is 2. The average molecular weight is 415 g/mol. The molecule has 0 bridgehead atoms. The lowest BCUT2D eigenvalue weighted by Crippen LogP contribution is -2.38. The summed E-state index contributed by atoms with van der Waals surface area (Å²) in [6.07, 6.45) is 0.852. The van der Waals surface area contributed by atoms with Gasteiger partial charge in [0.05, 0.1) is 25.0 Å². The first-order valence-corrected chi connectivity index (χ1v) is 10.3. The molecule has 1 aromatic heterocycles. The number of hydrogen-bond donors (Lipinski definition) is 1. The molecule has 0 aliphatic heterocycles. The van der Waals surface area contributed by atoms with Crippen LogP contribution < -0.4 is 10.1 Å². The molecule has 30 heavy (non-hydrogen) atoms. The Labute approximate surface area is 179 Å². The van der Waals surface area contributed by atoms with Crippen LogP contribution in [0.4, 0.5) is 5.82 Å². The summed E-state index contributed by atoms with van der Waals surface area (Å²) in [5.41, 5.74) is 1.49. The van der Waals surface area contributed by atoms with E-state index in [0.717, 1.165) is 23.6 Å². The Balaban J connectivity index is 2.27. The zero-order chi connectivity index (χ0) is 22.5. The van der Waals surface area contributed by atoms with E-state index in [1.54, 1.807) is 16.7 Å². The molecule has 0 aliphatic rings. The number of carbonyl (C=O) groups is 2. The van der Waals surface area contributed by atoms with E-state index in [9.17, 15) is 9.59 Å². The standard InChI is InChI=1S/C23H34N4O3/c1-16(2)12-13-26(17(3)28)15-22(29)24-21-14-20(23(4,5)6)25-27(21)18-8-10-19(30-7)11-9-18/h8-11,14,16H,12-13,15H2,1-7H3,(H,24,29). The highest BCUT2D eigenvalue weighted by Gasteiger charge is 2.22. The van der Waals surface area contributed by atoms with Gasteiger partial charge in [0.2, 0.25) is 11.8 Å². The Bertz CT molecular complexity index is 864. The zero-order valence-corrected chi connectivity index (χ0v) is 19.2. The van der Waals surface area contributed by atoms with Crippen LogP contribution in [0, 0.1) is 5.92 Å². The van der Waals surface area contributed by atoms with Gasteiger partial charge in [-0.2, -0.15) is 5.10 Å². The number of nitrogens with one attached hydrogen (secondary N) is 1. The van der Waals surface area contributed by atoms with Gasteiger partial charge in [0, 0.05) is 24.9 Å². The summed E-state index contributed by atoms with van der Waals surface area (Å²) in [5.74, 6) is 1.42. The normalized spacial score (nSPS) is 11.5. The number of ether oxygens (including phenoxy) is 1. The predicted octanol–water partition coefficient (Wildman–Crippen LogP) is 4.01. The van der Waals surface area contributed by atoms with Crippen LogP contribution in [-0.4, -0.2) is 46.7 Å². The molecule has 2 amide bonds. The molecular formula is C23H34N4O3. The fraction of sp³-hybridized carbons (Fsp3) is 0.522. The van der Waals surface area contributed by atoms with Crippen LogP contribution in [0.25, 0.3) is 5.69 Å². The smallest absolute Gasteiger partial charge is 0.245 e. The highest BCUT2D eigenvalue weighted by molar-refractivity contribution is 5.94. The summed E-state index contributed by atoms with van der Waals surface area (Å²) in [6.45, 7) is 12.5. The maximum absolute atomic E-state index is 12.7. The van der Waals surface area contributed by atoms with Gasteiger partial charge < -0.3 is 15.0 Å². The summed E-state index contributed by atoms with van der Waals surface area (Å²) < 4.78 is 6.94. The Morgan fingerprint density at radius 1 is 1.20 bits per heavy atom. The van der Waals surface area contributed by atoms with Gasteiger partial charge >= 0.3 is 0 Å². The molecule has 0 fully saturated rings. The molecule has 0 unspecified atom stereocenters. The first kappa shape index (κ1) is 23.4. The lowest BCUT2D eigenvalue weighted by atomic mass is 9.92. The Morgan fingerprint density at radius 2 is 1.83 bits per heavy atom. The van der Waals surface area contributed by atoms with Crippen molar-refractivity contribution in [1.29, 1.82) is 0 Å². The molecule has 2 aromatic rings. The van der Waals surface area contributed by atoms with E-state index in [2.05, 4.69) is 39.9 Å². The summed E-state index contributed by atoms with van der Waals surface area (Å²) >= 11 is 0. The molecule has 1 N–H and O–H groups in total. The topological polar surface area (TPSA) is 76.5 Å². The number of nitrogens with zero attached hydrogens (tertiary/aromatic N) is 3. The van der Waals surface area contributed by atoms with Crippen molar-refractivity contribution in [2.75, 3.05) is 25.5 Å². The average Bonchev–Trinajstić information content (AvgIpc) is 3.08. The lowest BCUT2D eigenvalue weighted by molar-refractivity contribution is -0.132. The van der Waals surface area contributed by atoms with Crippen LogP contribution in [0.1, 0.15) is 53.7 Å². The van der Waals surface area contributed by atoms with E-state index < -0.39 is 0 Å². The Kier molecular flexibility index (Phi) is 7.65. The Morgan fingerprint density at radius 3 is 2.33 bits per heavy atom. The van der Waals surface area contributed by atoms with Crippen LogP contribution in [0.2, 0.25) is 0 Å². The van der Waals surface area contributed by atoms with E-state index >= 15 is 0 Å². The highest BCUT2D eigenvalue weighted by atomic mass is 16.5. The van der Waals surface area contributed by atoms with Crippen LogP contribution >= 0.6 is 0 Å². The van der Waals surface area contributed by atoms with Crippen molar-refractivity contribution in [2.45, 2.75) is 53.4 Å². The van der Waals surface area contributed by atoms with E-state index in [0.29, 0.717) is 18.3 Å². The molecule has 0 atom stereocenters. The Hall–Kier alpha value is -2.83. The van der Waals surface area contributed by atoms with Crippen molar-refractivity contribution in [3.05, 3.63) is 36.0 Å². The number of rotatable bonds is 8. The van der Waals surface area contributed by atoms with Gasteiger partial charge in [-0.25, -0.2) is 4.68 Å². The quantitative estimate of drug-likeness (QED) is 0.708. The van der Waals surface area contributed by atoms with E-state index in [-0.39, 0.29) is 23.8 Å². The fourth-order valence-electron chi connectivity index (χ4n) is 2.87. The molecule has 164 valence electrons. The number of benzene rings is 1. The first-order valence-electron chi connectivity index (χ1n) is 10.3. The molecule has 0 saturated heterocycles.